The number of amides is 1. The molecule has 0 radical (unpaired) electrons. The van der Waals surface area contributed by atoms with E-state index in [1.54, 1.807) is 0 Å². The van der Waals surface area contributed by atoms with Gasteiger partial charge in [-0.05, 0) is 48.9 Å². The van der Waals surface area contributed by atoms with E-state index in [0.717, 1.165) is 43.7 Å². The molecule has 1 saturated heterocycles. The number of rotatable bonds is 4. The van der Waals surface area contributed by atoms with Gasteiger partial charge in [-0.3, -0.25) is 4.79 Å². The molecule has 1 aromatic rings. The monoisotopic (exact) mass is 274 g/mol. The van der Waals surface area contributed by atoms with Crippen molar-refractivity contribution in [1.29, 1.82) is 0 Å². The normalized spacial score (nSPS) is 17.9. The highest BCUT2D eigenvalue weighted by molar-refractivity contribution is 5.94. The number of anilines is 1. The van der Waals surface area contributed by atoms with E-state index in [0.29, 0.717) is 0 Å². The maximum atomic E-state index is 12.5. The van der Waals surface area contributed by atoms with Crippen molar-refractivity contribution in [3.05, 3.63) is 29.8 Å². The van der Waals surface area contributed by atoms with Gasteiger partial charge in [-0.1, -0.05) is 20.8 Å². The molecule has 1 aliphatic heterocycles. The van der Waals surface area contributed by atoms with Gasteiger partial charge in [0.25, 0.3) is 5.91 Å². The van der Waals surface area contributed by atoms with Crippen molar-refractivity contribution >= 4 is 11.6 Å². The van der Waals surface area contributed by atoms with Crippen LogP contribution in [0.25, 0.3) is 0 Å². The lowest BCUT2D eigenvalue weighted by atomic mass is 9.84. The fourth-order valence-electron chi connectivity index (χ4n) is 2.78. The van der Waals surface area contributed by atoms with Crippen LogP contribution in [0.1, 0.15) is 50.4 Å². The number of hydrogen-bond acceptors (Lipinski definition) is 2. The zero-order valence-electron chi connectivity index (χ0n) is 12.9. The first-order valence-electron chi connectivity index (χ1n) is 7.65. The van der Waals surface area contributed by atoms with Gasteiger partial charge in [0.15, 0.2) is 0 Å². The minimum absolute atomic E-state index is 0.166. The van der Waals surface area contributed by atoms with E-state index in [2.05, 4.69) is 26.1 Å². The molecule has 3 heteroatoms. The summed E-state index contributed by atoms with van der Waals surface area (Å²) in [5.41, 5.74) is 2.13. The largest absolute Gasteiger partial charge is 0.385 e. The molecule has 0 aromatic heterocycles. The molecule has 0 aliphatic carbocycles. The standard InChI is InChI=1S/C17H26N2O/c1-4-11-18-15-8-6-14(7-9-15)16(20)19-12-5-10-17(2,3)13-19/h6-9,18H,4-5,10-13H2,1-3H3. The minimum Gasteiger partial charge on any atom is -0.385 e. The third-order valence-corrected chi connectivity index (χ3v) is 3.90. The average molecular weight is 274 g/mol. The van der Waals surface area contributed by atoms with Gasteiger partial charge in [-0.25, -0.2) is 0 Å². The van der Waals surface area contributed by atoms with Crippen LogP contribution < -0.4 is 5.32 Å². The first kappa shape index (κ1) is 14.9. The molecule has 2 rings (SSSR count). The van der Waals surface area contributed by atoms with Crippen LogP contribution in [0.2, 0.25) is 0 Å². The fraction of sp³-hybridized carbons (Fsp3) is 0.588. The van der Waals surface area contributed by atoms with Crippen molar-refractivity contribution in [2.75, 3.05) is 25.0 Å². The molecule has 3 nitrogen and oxygen atoms in total. The molecule has 20 heavy (non-hydrogen) atoms. The van der Waals surface area contributed by atoms with Crippen molar-refractivity contribution < 1.29 is 4.79 Å². The lowest BCUT2D eigenvalue weighted by molar-refractivity contribution is 0.0583. The summed E-state index contributed by atoms with van der Waals surface area (Å²) in [4.78, 5) is 14.5. The van der Waals surface area contributed by atoms with Crippen molar-refractivity contribution in [2.24, 2.45) is 5.41 Å². The molecule has 110 valence electrons. The molecule has 1 amide bonds. The van der Waals surface area contributed by atoms with Crippen LogP contribution >= 0.6 is 0 Å². The molecule has 0 unspecified atom stereocenters. The van der Waals surface area contributed by atoms with Crippen LogP contribution in [0, 0.1) is 5.41 Å². The van der Waals surface area contributed by atoms with Gasteiger partial charge in [-0.2, -0.15) is 0 Å². The summed E-state index contributed by atoms with van der Waals surface area (Å²) in [6.45, 7) is 9.34. The van der Waals surface area contributed by atoms with E-state index in [1.807, 2.05) is 29.2 Å². The number of benzene rings is 1. The van der Waals surface area contributed by atoms with Crippen LogP contribution in [0.5, 0.6) is 0 Å². The quantitative estimate of drug-likeness (QED) is 0.906. The molecule has 1 aromatic carbocycles. The van der Waals surface area contributed by atoms with E-state index in [1.165, 1.54) is 6.42 Å². The Morgan fingerprint density at radius 3 is 2.60 bits per heavy atom. The van der Waals surface area contributed by atoms with Gasteiger partial charge < -0.3 is 10.2 Å². The molecule has 1 heterocycles. The Bertz CT molecular complexity index is 451. The van der Waals surface area contributed by atoms with Crippen molar-refractivity contribution in [3.63, 3.8) is 0 Å². The molecule has 0 atom stereocenters. The Balaban J connectivity index is 2.01. The van der Waals surface area contributed by atoms with Crippen LogP contribution in [0.15, 0.2) is 24.3 Å². The lowest BCUT2D eigenvalue weighted by Gasteiger charge is -2.38. The summed E-state index contributed by atoms with van der Waals surface area (Å²) < 4.78 is 0. The van der Waals surface area contributed by atoms with Crippen LogP contribution in [-0.2, 0) is 0 Å². The predicted octanol–water partition coefficient (Wildman–Crippen LogP) is 3.77. The summed E-state index contributed by atoms with van der Waals surface area (Å²) in [5.74, 6) is 0.166. The zero-order valence-corrected chi connectivity index (χ0v) is 12.9. The highest BCUT2D eigenvalue weighted by atomic mass is 16.2. The van der Waals surface area contributed by atoms with E-state index in [9.17, 15) is 4.79 Å². The molecule has 1 fully saturated rings. The number of carbonyl (C=O) groups excluding carboxylic acids is 1. The molecule has 1 N–H and O–H groups in total. The van der Waals surface area contributed by atoms with Crippen LogP contribution in [0.3, 0.4) is 0 Å². The van der Waals surface area contributed by atoms with Crippen molar-refractivity contribution in [1.82, 2.24) is 4.90 Å². The maximum Gasteiger partial charge on any atom is 0.253 e. The Labute approximate surface area is 122 Å². The summed E-state index contributed by atoms with van der Waals surface area (Å²) in [6, 6.07) is 7.86. The fourth-order valence-corrected chi connectivity index (χ4v) is 2.78. The molecule has 0 spiro atoms. The van der Waals surface area contributed by atoms with E-state index in [-0.39, 0.29) is 11.3 Å². The summed E-state index contributed by atoms with van der Waals surface area (Å²) >= 11 is 0. The summed E-state index contributed by atoms with van der Waals surface area (Å²) in [7, 11) is 0. The Morgan fingerprint density at radius 2 is 2.00 bits per heavy atom. The average Bonchev–Trinajstić information content (AvgIpc) is 2.44. The van der Waals surface area contributed by atoms with Crippen LogP contribution in [0.4, 0.5) is 5.69 Å². The number of nitrogens with one attached hydrogen (secondary N) is 1. The smallest absolute Gasteiger partial charge is 0.253 e. The van der Waals surface area contributed by atoms with Gasteiger partial charge in [0.05, 0.1) is 0 Å². The molecule has 0 bridgehead atoms. The van der Waals surface area contributed by atoms with Gasteiger partial charge in [0.2, 0.25) is 0 Å². The number of nitrogens with zero attached hydrogens (tertiary/aromatic N) is 1. The van der Waals surface area contributed by atoms with Crippen molar-refractivity contribution in [2.45, 2.75) is 40.0 Å². The second-order valence-corrected chi connectivity index (χ2v) is 6.50. The maximum absolute atomic E-state index is 12.5. The van der Waals surface area contributed by atoms with E-state index >= 15 is 0 Å². The number of hydrogen-bond donors (Lipinski definition) is 1. The SMILES string of the molecule is CCCNc1ccc(C(=O)N2CCCC(C)(C)C2)cc1. The molecule has 0 saturated carbocycles. The van der Waals surface area contributed by atoms with Gasteiger partial charge in [-0.15, -0.1) is 0 Å². The molecular formula is C17H26N2O. The molecular weight excluding hydrogens is 248 g/mol. The highest BCUT2D eigenvalue weighted by Crippen LogP contribution is 2.29. The number of likely N-dealkylation sites (tertiary alicyclic amines) is 1. The predicted molar refractivity (Wildman–Crippen MR) is 84.1 cm³/mol. The van der Waals surface area contributed by atoms with E-state index in [4.69, 9.17) is 0 Å². The first-order valence-corrected chi connectivity index (χ1v) is 7.65. The van der Waals surface area contributed by atoms with Crippen molar-refractivity contribution in [3.8, 4) is 0 Å². The zero-order chi connectivity index (χ0) is 14.6. The Kier molecular flexibility index (Phi) is 4.69. The number of carbonyl (C=O) groups is 1. The lowest BCUT2D eigenvalue weighted by Crippen LogP contribution is -2.43. The highest BCUT2D eigenvalue weighted by Gasteiger charge is 2.29. The van der Waals surface area contributed by atoms with Gasteiger partial charge in [0, 0.05) is 30.9 Å². The Hall–Kier alpha value is -1.51. The summed E-state index contributed by atoms with van der Waals surface area (Å²) in [5, 5.41) is 3.33. The van der Waals surface area contributed by atoms with Gasteiger partial charge in [0.1, 0.15) is 0 Å². The Morgan fingerprint density at radius 1 is 1.30 bits per heavy atom. The van der Waals surface area contributed by atoms with Gasteiger partial charge >= 0.3 is 0 Å². The molecule has 1 aliphatic rings. The van der Waals surface area contributed by atoms with Crippen LogP contribution in [-0.4, -0.2) is 30.4 Å². The minimum atomic E-state index is 0.166. The topological polar surface area (TPSA) is 32.3 Å². The first-order chi connectivity index (χ1) is 9.52. The van der Waals surface area contributed by atoms with E-state index < -0.39 is 0 Å². The third-order valence-electron chi connectivity index (χ3n) is 3.90. The second kappa shape index (κ2) is 6.29. The summed E-state index contributed by atoms with van der Waals surface area (Å²) in [6.07, 6.45) is 3.41. The second-order valence-electron chi connectivity index (χ2n) is 6.50. The third kappa shape index (κ3) is 3.75. The number of piperidine rings is 1.